The lowest BCUT2D eigenvalue weighted by molar-refractivity contribution is -0.154. The summed E-state index contributed by atoms with van der Waals surface area (Å²) in [4.78, 5) is 12.1. The largest absolute Gasteiger partial charge is 0.457 e. The van der Waals surface area contributed by atoms with Crippen LogP contribution in [0.2, 0.25) is 0 Å². The van der Waals surface area contributed by atoms with Gasteiger partial charge in [-0.1, -0.05) is 56.7 Å². The van der Waals surface area contributed by atoms with E-state index in [-0.39, 0.29) is 17.5 Å². The summed E-state index contributed by atoms with van der Waals surface area (Å²) >= 11 is 0. The third kappa shape index (κ3) is 3.55. The lowest BCUT2D eigenvalue weighted by atomic mass is 9.51. The van der Waals surface area contributed by atoms with Crippen LogP contribution in [0.5, 0.6) is 0 Å². The smallest absolute Gasteiger partial charge is 0.303 e. The van der Waals surface area contributed by atoms with Crippen molar-refractivity contribution in [2.45, 2.75) is 78.2 Å². The van der Waals surface area contributed by atoms with E-state index in [2.05, 4.69) is 50.3 Å². The normalized spacial score (nSPS) is 44.1. The number of ether oxygens (including phenoxy) is 1. The monoisotopic (exact) mass is 406 g/mol. The molecule has 0 radical (unpaired) electrons. The van der Waals surface area contributed by atoms with Crippen LogP contribution in [0.4, 0.5) is 0 Å². The van der Waals surface area contributed by atoms with Gasteiger partial charge in [-0.25, -0.2) is 0 Å². The molecular formula is C28H38O2. The van der Waals surface area contributed by atoms with Gasteiger partial charge in [-0.3, -0.25) is 4.79 Å². The number of fused-ring (bicyclic) bond motifs is 4. The molecule has 4 fully saturated rings. The van der Waals surface area contributed by atoms with Crippen molar-refractivity contribution in [3.63, 3.8) is 0 Å². The SMILES string of the molecule is CC(=O)O[C@@H]1/C(=C/c2ccccc2)C[C@@H]2[C@H]3C[C@H]4CC[C@@H](C)C[C@@H]4C[C@@H]3CC[C@@]12C. The molecule has 0 amide bonds. The Kier molecular flexibility index (Phi) is 5.32. The Labute approximate surface area is 182 Å². The quantitative estimate of drug-likeness (QED) is 0.499. The second-order valence-electron chi connectivity index (χ2n) is 11.3. The predicted octanol–water partition coefficient (Wildman–Crippen LogP) is 6.90. The number of carbonyl (C=O) groups excluding carboxylic acids is 1. The fraction of sp³-hybridized carbons (Fsp3) is 0.679. The molecule has 0 saturated heterocycles. The Bertz CT molecular complexity index is 811. The van der Waals surface area contributed by atoms with Crippen LogP contribution in [0.15, 0.2) is 35.9 Å². The van der Waals surface area contributed by atoms with Crippen molar-refractivity contribution in [2.24, 2.45) is 40.9 Å². The maximum atomic E-state index is 12.1. The van der Waals surface area contributed by atoms with Crippen molar-refractivity contribution in [1.82, 2.24) is 0 Å². The molecular weight excluding hydrogens is 368 g/mol. The number of esters is 1. The van der Waals surface area contributed by atoms with Crippen molar-refractivity contribution >= 4 is 12.0 Å². The fourth-order valence-corrected chi connectivity index (χ4v) is 8.03. The van der Waals surface area contributed by atoms with Gasteiger partial charge >= 0.3 is 5.97 Å². The van der Waals surface area contributed by atoms with Crippen molar-refractivity contribution in [2.75, 3.05) is 0 Å². The molecule has 1 aromatic rings. The highest BCUT2D eigenvalue weighted by atomic mass is 16.5. The van der Waals surface area contributed by atoms with Crippen LogP contribution < -0.4 is 0 Å². The van der Waals surface area contributed by atoms with E-state index >= 15 is 0 Å². The zero-order valence-corrected chi connectivity index (χ0v) is 19.0. The molecule has 2 nitrogen and oxygen atoms in total. The molecule has 0 N–H and O–H groups in total. The van der Waals surface area contributed by atoms with Crippen LogP contribution in [-0.2, 0) is 9.53 Å². The van der Waals surface area contributed by atoms with Gasteiger partial charge in [0, 0.05) is 12.3 Å². The molecule has 4 aliphatic carbocycles. The molecule has 0 unspecified atom stereocenters. The molecule has 4 aliphatic rings. The average Bonchev–Trinajstić information content (AvgIpc) is 2.99. The van der Waals surface area contributed by atoms with Crippen LogP contribution in [-0.4, -0.2) is 12.1 Å². The van der Waals surface area contributed by atoms with Gasteiger partial charge in [0.15, 0.2) is 0 Å². The summed E-state index contributed by atoms with van der Waals surface area (Å²) in [5, 5.41) is 0. The van der Waals surface area contributed by atoms with Crippen molar-refractivity contribution < 1.29 is 9.53 Å². The first kappa shape index (κ1) is 20.3. The molecule has 1 aromatic carbocycles. The van der Waals surface area contributed by atoms with Gasteiger partial charge in [-0.05, 0) is 91.6 Å². The van der Waals surface area contributed by atoms with E-state index in [9.17, 15) is 4.79 Å². The summed E-state index contributed by atoms with van der Waals surface area (Å²) in [5.41, 5.74) is 2.68. The van der Waals surface area contributed by atoms with Crippen LogP contribution in [0.25, 0.3) is 6.08 Å². The van der Waals surface area contributed by atoms with E-state index in [4.69, 9.17) is 4.74 Å². The highest BCUT2D eigenvalue weighted by molar-refractivity contribution is 5.67. The molecule has 0 bridgehead atoms. The van der Waals surface area contributed by atoms with E-state index in [1.54, 1.807) is 6.92 Å². The molecule has 0 aromatic heterocycles. The van der Waals surface area contributed by atoms with Gasteiger partial charge in [0.25, 0.3) is 0 Å². The standard InChI is InChI=1S/C28H38O2/c1-18-9-10-21-16-25-22(15-23(21)13-18)11-12-28(3)26(25)17-24(27(28)30-19(2)29)14-20-7-5-4-6-8-20/h4-8,14,18,21-23,25-27H,9-13,15-17H2,1-3H3/b24-14+/t18-,21-,22+,23-,25+,26-,27-,28-/m1/s1. The van der Waals surface area contributed by atoms with Gasteiger partial charge < -0.3 is 4.74 Å². The molecule has 162 valence electrons. The maximum absolute atomic E-state index is 12.1. The Morgan fingerprint density at radius 3 is 2.60 bits per heavy atom. The van der Waals surface area contributed by atoms with Crippen molar-refractivity contribution in [3.05, 3.63) is 41.5 Å². The van der Waals surface area contributed by atoms with Crippen molar-refractivity contribution in [3.8, 4) is 0 Å². The summed E-state index contributed by atoms with van der Waals surface area (Å²) in [7, 11) is 0. The molecule has 0 heterocycles. The molecule has 0 aliphatic heterocycles. The van der Waals surface area contributed by atoms with Gasteiger partial charge in [-0.15, -0.1) is 0 Å². The Balaban J connectivity index is 1.45. The summed E-state index contributed by atoms with van der Waals surface area (Å²) in [5.74, 6) is 5.09. The first-order chi connectivity index (χ1) is 14.4. The van der Waals surface area contributed by atoms with E-state index in [1.165, 1.54) is 56.1 Å². The lowest BCUT2D eigenvalue weighted by Crippen LogP contribution is -2.48. The summed E-state index contributed by atoms with van der Waals surface area (Å²) in [6.45, 7) is 6.47. The maximum Gasteiger partial charge on any atom is 0.303 e. The zero-order valence-electron chi connectivity index (χ0n) is 19.0. The third-order valence-corrected chi connectivity index (χ3v) is 9.43. The highest BCUT2D eigenvalue weighted by Crippen LogP contribution is 2.63. The number of rotatable bonds is 2. The minimum Gasteiger partial charge on any atom is -0.457 e. The van der Waals surface area contributed by atoms with Gasteiger partial charge in [0.2, 0.25) is 0 Å². The number of benzene rings is 1. The third-order valence-electron chi connectivity index (χ3n) is 9.43. The number of carbonyl (C=O) groups is 1. The van der Waals surface area contributed by atoms with Crippen LogP contribution >= 0.6 is 0 Å². The van der Waals surface area contributed by atoms with Crippen molar-refractivity contribution in [1.29, 1.82) is 0 Å². The molecule has 30 heavy (non-hydrogen) atoms. The number of hydrogen-bond acceptors (Lipinski definition) is 2. The lowest BCUT2D eigenvalue weighted by Gasteiger charge is -2.54. The highest BCUT2D eigenvalue weighted by Gasteiger charge is 2.58. The van der Waals surface area contributed by atoms with E-state index in [0.29, 0.717) is 5.92 Å². The molecule has 0 spiro atoms. The van der Waals surface area contributed by atoms with Crippen LogP contribution in [0.3, 0.4) is 0 Å². The van der Waals surface area contributed by atoms with E-state index < -0.39 is 0 Å². The molecule has 2 heteroatoms. The summed E-state index contributed by atoms with van der Waals surface area (Å²) in [6.07, 6.45) is 13.1. The first-order valence-electron chi connectivity index (χ1n) is 12.4. The average molecular weight is 407 g/mol. The van der Waals surface area contributed by atoms with Crippen LogP contribution in [0, 0.1) is 40.9 Å². The Hall–Kier alpha value is -1.57. The molecule has 4 saturated carbocycles. The van der Waals surface area contributed by atoms with Gasteiger partial charge in [0.1, 0.15) is 6.10 Å². The molecule has 5 rings (SSSR count). The zero-order chi connectivity index (χ0) is 20.9. The molecule has 8 atom stereocenters. The minimum absolute atomic E-state index is 0.0507. The van der Waals surface area contributed by atoms with E-state index in [0.717, 1.165) is 36.0 Å². The number of hydrogen-bond donors (Lipinski definition) is 0. The minimum atomic E-state index is -0.132. The Morgan fingerprint density at radius 1 is 1.03 bits per heavy atom. The topological polar surface area (TPSA) is 26.3 Å². The Morgan fingerprint density at radius 2 is 1.83 bits per heavy atom. The van der Waals surface area contributed by atoms with Crippen LogP contribution in [0.1, 0.15) is 77.7 Å². The van der Waals surface area contributed by atoms with Gasteiger partial charge in [-0.2, -0.15) is 0 Å². The second-order valence-corrected chi connectivity index (χ2v) is 11.3. The second kappa shape index (κ2) is 7.84. The summed E-state index contributed by atoms with van der Waals surface area (Å²) < 4.78 is 6.06. The first-order valence-corrected chi connectivity index (χ1v) is 12.4. The van der Waals surface area contributed by atoms with Gasteiger partial charge in [0.05, 0.1) is 0 Å². The van der Waals surface area contributed by atoms with E-state index in [1.807, 2.05) is 0 Å². The summed E-state index contributed by atoms with van der Waals surface area (Å²) in [6, 6.07) is 10.6. The fourth-order valence-electron chi connectivity index (χ4n) is 8.03. The predicted molar refractivity (Wildman–Crippen MR) is 122 cm³/mol.